The van der Waals surface area contributed by atoms with Gasteiger partial charge >= 0.3 is 0 Å². The predicted molar refractivity (Wildman–Crippen MR) is 68.7 cm³/mol. The van der Waals surface area contributed by atoms with Gasteiger partial charge in [-0.05, 0) is 24.6 Å². The van der Waals surface area contributed by atoms with Gasteiger partial charge in [-0.2, -0.15) is 0 Å². The van der Waals surface area contributed by atoms with E-state index in [0.29, 0.717) is 11.6 Å². The molecule has 0 aromatic rings. The summed E-state index contributed by atoms with van der Waals surface area (Å²) < 4.78 is 5.96. The largest absolute Gasteiger partial charge is 0.415 e. The van der Waals surface area contributed by atoms with Crippen LogP contribution in [0.1, 0.15) is 34.1 Å². The van der Waals surface area contributed by atoms with Crippen LogP contribution in [0.4, 0.5) is 0 Å². The van der Waals surface area contributed by atoms with Crippen molar-refractivity contribution in [2.75, 3.05) is 6.61 Å². The van der Waals surface area contributed by atoms with Crippen LogP contribution in [0.25, 0.3) is 0 Å². The Hall–Kier alpha value is 0.427. The number of nitrogens with two attached hydrogens (primary N) is 1. The summed E-state index contributed by atoms with van der Waals surface area (Å²) in [5, 5.41) is 0.292. The minimum atomic E-state index is -1.56. The van der Waals surface area contributed by atoms with Crippen molar-refractivity contribution in [3.05, 3.63) is 0 Å². The molecule has 0 aliphatic rings. The van der Waals surface area contributed by atoms with E-state index in [9.17, 15) is 0 Å². The van der Waals surface area contributed by atoms with Crippen LogP contribution in [0.5, 0.6) is 0 Å². The molecule has 0 aromatic heterocycles. The molecule has 88 valence electrons. The molecule has 0 aromatic carbocycles. The van der Waals surface area contributed by atoms with Gasteiger partial charge in [-0.15, -0.1) is 12.4 Å². The molecule has 2 nitrogen and oxygen atoms in total. The second kappa shape index (κ2) is 6.11. The van der Waals surface area contributed by atoms with Gasteiger partial charge in [0.25, 0.3) is 0 Å². The molecular formula is C10H26ClNOSi. The molecule has 0 aliphatic heterocycles. The molecule has 0 unspecified atom stereocenters. The Morgan fingerprint density at radius 3 is 2.00 bits per heavy atom. The number of halogens is 1. The highest BCUT2D eigenvalue weighted by Gasteiger charge is 2.37. The standard InChI is InChI=1S/C10H25NOSi.ClH/c1-7-9(11)8-12-13(5,6)10(2,3)4;/h9H,7-8,11H2,1-6H3;1H/t9-;/m1./s1. The van der Waals surface area contributed by atoms with Gasteiger partial charge in [0, 0.05) is 12.6 Å². The molecule has 0 saturated carbocycles. The zero-order valence-electron chi connectivity index (χ0n) is 10.4. The van der Waals surface area contributed by atoms with E-state index in [2.05, 4.69) is 40.8 Å². The van der Waals surface area contributed by atoms with Crippen molar-refractivity contribution >= 4 is 20.7 Å². The Kier molecular flexibility index (Phi) is 7.35. The monoisotopic (exact) mass is 239 g/mol. The summed E-state index contributed by atoms with van der Waals surface area (Å²) in [5.74, 6) is 0. The van der Waals surface area contributed by atoms with Crippen molar-refractivity contribution in [3.63, 3.8) is 0 Å². The molecule has 0 spiro atoms. The van der Waals surface area contributed by atoms with Crippen LogP contribution in [0.15, 0.2) is 0 Å². The fraction of sp³-hybridized carbons (Fsp3) is 1.00. The molecule has 1 atom stereocenters. The van der Waals surface area contributed by atoms with Gasteiger partial charge < -0.3 is 10.2 Å². The lowest BCUT2D eigenvalue weighted by atomic mass is 10.2. The lowest BCUT2D eigenvalue weighted by molar-refractivity contribution is 0.260. The van der Waals surface area contributed by atoms with E-state index < -0.39 is 8.32 Å². The van der Waals surface area contributed by atoms with Crippen molar-refractivity contribution in [2.45, 2.75) is 58.3 Å². The van der Waals surface area contributed by atoms with Gasteiger partial charge in [-0.25, -0.2) is 0 Å². The Bertz CT molecular complexity index is 157. The molecule has 0 fully saturated rings. The lowest BCUT2D eigenvalue weighted by Crippen LogP contribution is -2.43. The van der Waals surface area contributed by atoms with E-state index in [1.807, 2.05) is 0 Å². The Morgan fingerprint density at radius 2 is 1.71 bits per heavy atom. The van der Waals surface area contributed by atoms with Gasteiger partial charge in [-0.1, -0.05) is 27.7 Å². The molecule has 2 N–H and O–H groups in total. The maximum Gasteiger partial charge on any atom is 0.192 e. The van der Waals surface area contributed by atoms with Crippen LogP contribution >= 0.6 is 12.4 Å². The summed E-state index contributed by atoms with van der Waals surface area (Å²) in [7, 11) is -1.56. The third-order valence-corrected chi connectivity index (χ3v) is 7.49. The molecule has 0 radical (unpaired) electrons. The molecule has 14 heavy (non-hydrogen) atoms. The smallest absolute Gasteiger partial charge is 0.192 e. The molecule has 0 heterocycles. The molecule has 0 bridgehead atoms. The van der Waals surface area contributed by atoms with Crippen molar-refractivity contribution in [1.82, 2.24) is 0 Å². The third kappa shape index (κ3) is 5.34. The fourth-order valence-corrected chi connectivity index (χ4v) is 1.71. The van der Waals surface area contributed by atoms with Gasteiger partial charge in [-0.3, -0.25) is 0 Å². The van der Waals surface area contributed by atoms with Crippen LogP contribution in [-0.2, 0) is 4.43 Å². The number of hydrogen-bond acceptors (Lipinski definition) is 2. The first-order chi connectivity index (χ1) is 5.70. The van der Waals surface area contributed by atoms with E-state index in [4.69, 9.17) is 10.2 Å². The van der Waals surface area contributed by atoms with Gasteiger partial charge in [0.15, 0.2) is 8.32 Å². The highest BCUT2D eigenvalue weighted by atomic mass is 35.5. The first kappa shape index (κ1) is 16.8. The third-order valence-electron chi connectivity index (χ3n) is 2.99. The number of rotatable bonds is 4. The Labute approximate surface area is 96.1 Å². The predicted octanol–water partition coefficient (Wildman–Crippen LogP) is 3.17. The van der Waals surface area contributed by atoms with E-state index in [-0.39, 0.29) is 18.4 Å². The molecule has 0 amide bonds. The zero-order chi connectivity index (χ0) is 10.7. The van der Waals surface area contributed by atoms with Crippen LogP contribution in [0, 0.1) is 0 Å². The Morgan fingerprint density at radius 1 is 1.29 bits per heavy atom. The van der Waals surface area contributed by atoms with Crippen LogP contribution < -0.4 is 5.73 Å². The Balaban J connectivity index is 0. The molecule has 0 saturated heterocycles. The fourth-order valence-electron chi connectivity index (χ4n) is 0.650. The van der Waals surface area contributed by atoms with E-state index >= 15 is 0 Å². The average Bonchev–Trinajstić information content (AvgIpc) is 1.98. The lowest BCUT2D eigenvalue weighted by Gasteiger charge is -2.36. The molecule has 0 rings (SSSR count). The highest BCUT2D eigenvalue weighted by Crippen LogP contribution is 2.36. The van der Waals surface area contributed by atoms with Crippen LogP contribution in [0.2, 0.25) is 18.1 Å². The summed E-state index contributed by atoms with van der Waals surface area (Å²) in [6.07, 6.45) is 0.995. The zero-order valence-corrected chi connectivity index (χ0v) is 12.2. The summed E-state index contributed by atoms with van der Waals surface area (Å²) in [6.45, 7) is 14.1. The summed E-state index contributed by atoms with van der Waals surface area (Å²) in [5.41, 5.74) is 5.82. The molecule has 4 heteroatoms. The minimum absolute atomic E-state index is 0. The second-order valence-electron chi connectivity index (χ2n) is 5.24. The maximum absolute atomic E-state index is 5.96. The second-order valence-corrected chi connectivity index (χ2v) is 10.0. The SMILES string of the molecule is CC[C@@H](N)CO[Si](C)(C)C(C)(C)C.Cl. The van der Waals surface area contributed by atoms with E-state index in [1.54, 1.807) is 0 Å². The van der Waals surface area contributed by atoms with Gasteiger partial charge in [0.05, 0.1) is 0 Å². The minimum Gasteiger partial charge on any atom is -0.415 e. The van der Waals surface area contributed by atoms with Gasteiger partial charge in [0.1, 0.15) is 0 Å². The van der Waals surface area contributed by atoms with Gasteiger partial charge in [0.2, 0.25) is 0 Å². The summed E-state index contributed by atoms with van der Waals surface area (Å²) in [4.78, 5) is 0. The normalized spacial score (nSPS) is 14.8. The summed E-state index contributed by atoms with van der Waals surface area (Å²) in [6, 6.07) is 0.203. The van der Waals surface area contributed by atoms with Crippen LogP contribution in [0.3, 0.4) is 0 Å². The highest BCUT2D eigenvalue weighted by molar-refractivity contribution is 6.74. The van der Waals surface area contributed by atoms with Crippen molar-refractivity contribution in [2.24, 2.45) is 5.73 Å². The van der Waals surface area contributed by atoms with Crippen molar-refractivity contribution in [1.29, 1.82) is 0 Å². The average molecular weight is 240 g/mol. The quantitative estimate of drug-likeness (QED) is 0.765. The first-order valence-corrected chi connectivity index (χ1v) is 8.01. The molecular weight excluding hydrogens is 214 g/mol. The van der Waals surface area contributed by atoms with Crippen molar-refractivity contribution < 1.29 is 4.43 Å². The van der Waals surface area contributed by atoms with E-state index in [0.717, 1.165) is 6.42 Å². The molecule has 0 aliphatic carbocycles. The topological polar surface area (TPSA) is 35.2 Å². The first-order valence-electron chi connectivity index (χ1n) is 5.10. The van der Waals surface area contributed by atoms with Crippen molar-refractivity contribution in [3.8, 4) is 0 Å². The number of hydrogen-bond donors (Lipinski definition) is 1. The van der Waals surface area contributed by atoms with E-state index in [1.165, 1.54) is 0 Å². The summed E-state index contributed by atoms with van der Waals surface area (Å²) >= 11 is 0. The van der Waals surface area contributed by atoms with Crippen LogP contribution in [-0.4, -0.2) is 21.0 Å². The maximum atomic E-state index is 5.96.